The number of carbonyl (C=O) groups excluding carboxylic acids is 1. The number of fused-ring (bicyclic) bond motifs is 1. The topological polar surface area (TPSA) is 61.4 Å². The second-order valence-electron chi connectivity index (χ2n) is 7.27. The van der Waals surface area contributed by atoms with Crippen molar-refractivity contribution < 1.29 is 18.0 Å². The van der Waals surface area contributed by atoms with Crippen LogP contribution in [-0.2, 0) is 6.18 Å². The molecule has 0 atom stereocenters. The van der Waals surface area contributed by atoms with Crippen LogP contribution in [0.15, 0.2) is 24.3 Å². The van der Waals surface area contributed by atoms with Crippen LogP contribution in [-0.4, -0.2) is 53.6 Å². The maximum atomic E-state index is 13.5. The molecular weight excluding hydrogens is 371 g/mol. The van der Waals surface area contributed by atoms with Gasteiger partial charge in [0, 0.05) is 32.7 Å². The molecule has 6 nitrogen and oxygen atoms in total. The van der Waals surface area contributed by atoms with Crippen molar-refractivity contribution in [2.24, 2.45) is 5.92 Å². The van der Waals surface area contributed by atoms with Crippen LogP contribution in [0.2, 0.25) is 0 Å². The summed E-state index contributed by atoms with van der Waals surface area (Å²) in [4.78, 5) is 23.4. The fourth-order valence-corrected chi connectivity index (χ4v) is 3.10. The van der Waals surface area contributed by atoms with Crippen molar-refractivity contribution in [3.63, 3.8) is 0 Å². The van der Waals surface area contributed by atoms with Gasteiger partial charge in [-0.2, -0.15) is 13.2 Å². The first-order chi connectivity index (χ1) is 13.3. The molecule has 1 saturated heterocycles. The van der Waals surface area contributed by atoms with E-state index in [-0.39, 0.29) is 30.5 Å². The van der Waals surface area contributed by atoms with E-state index in [4.69, 9.17) is 0 Å². The van der Waals surface area contributed by atoms with Crippen LogP contribution < -0.4 is 10.2 Å². The zero-order valence-electron chi connectivity index (χ0n) is 16.0. The van der Waals surface area contributed by atoms with Gasteiger partial charge in [-0.25, -0.2) is 14.8 Å². The molecule has 0 unspecified atom stereocenters. The molecule has 0 bridgehead atoms. The molecule has 1 aromatic carbocycles. The van der Waals surface area contributed by atoms with Crippen LogP contribution >= 0.6 is 0 Å². The average Bonchev–Trinajstić information content (AvgIpc) is 2.66. The molecule has 1 N–H and O–H groups in total. The molecule has 28 heavy (non-hydrogen) atoms. The van der Waals surface area contributed by atoms with Crippen molar-refractivity contribution in [3.05, 3.63) is 30.0 Å². The first kappa shape index (κ1) is 20.2. The van der Waals surface area contributed by atoms with Gasteiger partial charge in [0.15, 0.2) is 11.5 Å². The summed E-state index contributed by atoms with van der Waals surface area (Å²) >= 11 is 0. The highest BCUT2D eigenvalue weighted by molar-refractivity contribution is 5.77. The number of nitrogens with zero attached hydrogens (tertiary/aromatic N) is 4. The Kier molecular flexibility index (Phi) is 5.90. The Morgan fingerprint density at radius 1 is 1.11 bits per heavy atom. The van der Waals surface area contributed by atoms with Gasteiger partial charge in [0.25, 0.3) is 0 Å². The molecule has 0 saturated carbocycles. The van der Waals surface area contributed by atoms with Gasteiger partial charge in [0.2, 0.25) is 0 Å². The van der Waals surface area contributed by atoms with E-state index >= 15 is 0 Å². The van der Waals surface area contributed by atoms with E-state index in [1.807, 2.05) is 0 Å². The number of urea groups is 1. The number of rotatable bonds is 4. The normalized spacial score (nSPS) is 15.4. The molecule has 152 valence electrons. The van der Waals surface area contributed by atoms with Crippen molar-refractivity contribution in [1.29, 1.82) is 0 Å². The van der Waals surface area contributed by atoms with E-state index < -0.39 is 11.9 Å². The summed E-state index contributed by atoms with van der Waals surface area (Å²) in [7, 11) is 0. The highest BCUT2D eigenvalue weighted by Crippen LogP contribution is 2.35. The number of nitrogens with one attached hydrogen (secondary N) is 1. The van der Waals surface area contributed by atoms with Crippen LogP contribution in [0.4, 0.5) is 23.8 Å². The number of benzene rings is 1. The molecule has 3 rings (SSSR count). The summed E-state index contributed by atoms with van der Waals surface area (Å²) in [5.74, 6) is 0.315. The second-order valence-corrected chi connectivity index (χ2v) is 7.27. The van der Waals surface area contributed by atoms with Gasteiger partial charge >= 0.3 is 12.2 Å². The Bertz CT molecular complexity index is 832. The first-order valence-corrected chi connectivity index (χ1v) is 9.37. The predicted molar refractivity (Wildman–Crippen MR) is 101 cm³/mol. The third kappa shape index (κ3) is 4.63. The number of anilines is 1. The number of alkyl halides is 3. The molecule has 9 heteroatoms. The van der Waals surface area contributed by atoms with Crippen LogP contribution in [0.25, 0.3) is 11.0 Å². The van der Waals surface area contributed by atoms with Crippen molar-refractivity contribution in [1.82, 2.24) is 20.2 Å². The summed E-state index contributed by atoms with van der Waals surface area (Å²) < 4.78 is 40.6. The van der Waals surface area contributed by atoms with Gasteiger partial charge in [-0.1, -0.05) is 26.0 Å². The van der Waals surface area contributed by atoms with Crippen LogP contribution in [0.3, 0.4) is 0 Å². The molecule has 1 fully saturated rings. The third-order valence-electron chi connectivity index (χ3n) is 4.68. The Morgan fingerprint density at radius 3 is 2.29 bits per heavy atom. The van der Waals surface area contributed by atoms with E-state index in [2.05, 4.69) is 29.1 Å². The maximum absolute atomic E-state index is 13.5. The molecule has 0 radical (unpaired) electrons. The Hall–Kier alpha value is -2.58. The molecule has 0 aliphatic carbocycles. The number of halogens is 3. The third-order valence-corrected chi connectivity index (χ3v) is 4.68. The number of amides is 2. The summed E-state index contributed by atoms with van der Waals surface area (Å²) in [6, 6.07) is 6.33. The van der Waals surface area contributed by atoms with Gasteiger partial charge in [-0.05, 0) is 24.5 Å². The van der Waals surface area contributed by atoms with E-state index in [1.54, 1.807) is 28.0 Å². The Labute approximate surface area is 161 Å². The molecule has 1 aromatic heterocycles. The van der Waals surface area contributed by atoms with Gasteiger partial charge in [-0.15, -0.1) is 0 Å². The second kappa shape index (κ2) is 8.20. The number of hydrogen-bond acceptors (Lipinski definition) is 4. The lowest BCUT2D eigenvalue weighted by atomic mass is 10.1. The zero-order valence-corrected chi connectivity index (χ0v) is 16.0. The minimum Gasteiger partial charge on any atom is -0.351 e. The lowest BCUT2D eigenvalue weighted by Crippen LogP contribution is -2.52. The fourth-order valence-electron chi connectivity index (χ4n) is 3.10. The predicted octanol–water partition coefficient (Wildman–Crippen LogP) is 3.53. The van der Waals surface area contributed by atoms with Crippen molar-refractivity contribution in [3.8, 4) is 0 Å². The van der Waals surface area contributed by atoms with E-state index in [9.17, 15) is 18.0 Å². The standard InChI is InChI=1S/C19H24F3N5O/c1-13(2)7-8-23-18(28)27-11-9-26(10-12-27)17-16(19(20,21)22)24-14-5-3-4-6-15(14)25-17/h3-6,13H,7-12H2,1-2H3,(H,23,28). The molecular formula is C19H24F3N5O. The number of piperazine rings is 1. The number of aromatic nitrogens is 2. The molecule has 1 aliphatic rings. The molecule has 2 aromatic rings. The van der Waals surface area contributed by atoms with E-state index in [1.165, 1.54) is 6.07 Å². The lowest BCUT2D eigenvalue weighted by molar-refractivity contribution is -0.140. The van der Waals surface area contributed by atoms with Gasteiger partial charge < -0.3 is 15.1 Å². The highest BCUT2D eigenvalue weighted by atomic mass is 19.4. The smallest absolute Gasteiger partial charge is 0.351 e. The summed E-state index contributed by atoms with van der Waals surface area (Å²) in [6.45, 7) is 5.95. The molecule has 2 heterocycles. The lowest BCUT2D eigenvalue weighted by Gasteiger charge is -2.36. The molecule has 0 spiro atoms. The van der Waals surface area contributed by atoms with E-state index in [0.717, 1.165) is 6.42 Å². The summed E-state index contributed by atoms with van der Waals surface area (Å²) in [5, 5.41) is 2.86. The number of hydrogen-bond donors (Lipinski definition) is 1. The van der Waals surface area contributed by atoms with Crippen molar-refractivity contribution in [2.75, 3.05) is 37.6 Å². The van der Waals surface area contributed by atoms with Crippen LogP contribution in [0.1, 0.15) is 26.0 Å². The minimum absolute atomic E-state index is 0.175. The van der Waals surface area contributed by atoms with Crippen LogP contribution in [0.5, 0.6) is 0 Å². The fraction of sp³-hybridized carbons (Fsp3) is 0.526. The van der Waals surface area contributed by atoms with Gasteiger partial charge in [-0.3, -0.25) is 0 Å². The van der Waals surface area contributed by atoms with Gasteiger partial charge in [0.05, 0.1) is 11.0 Å². The molecule has 2 amide bonds. The summed E-state index contributed by atoms with van der Waals surface area (Å²) in [5.41, 5.74) is -0.359. The first-order valence-electron chi connectivity index (χ1n) is 9.37. The Balaban J connectivity index is 1.73. The minimum atomic E-state index is -4.60. The summed E-state index contributed by atoms with van der Waals surface area (Å²) in [6.07, 6.45) is -3.72. The van der Waals surface area contributed by atoms with Crippen molar-refractivity contribution >= 4 is 22.9 Å². The number of carbonyl (C=O) groups is 1. The number of para-hydroxylation sites is 2. The average molecular weight is 395 g/mol. The largest absolute Gasteiger partial charge is 0.437 e. The highest BCUT2D eigenvalue weighted by Gasteiger charge is 2.39. The van der Waals surface area contributed by atoms with Crippen LogP contribution in [0, 0.1) is 5.92 Å². The SMILES string of the molecule is CC(C)CCNC(=O)N1CCN(c2nc3ccccc3nc2C(F)(F)F)CC1. The Morgan fingerprint density at radius 2 is 1.71 bits per heavy atom. The van der Waals surface area contributed by atoms with Crippen molar-refractivity contribution in [2.45, 2.75) is 26.4 Å². The monoisotopic (exact) mass is 395 g/mol. The van der Waals surface area contributed by atoms with Gasteiger partial charge in [0.1, 0.15) is 0 Å². The zero-order chi connectivity index (χ0) is 20.3. The van der Waals surface area contributed by atoms with E-state index in [0.29, 0.717) is 31.1 Å². The molecule has 1 aliphatic heterocycles. The maximum Gasteiger partial charge on any atom is 0.437 e. The quantitative estimate of drug-likeness (QED) is 0.861.